The molecule has 0 aromatic carbocycles. The standard InChI is InChI=1S/C10H25N15/c11-5(12)22-8(17)20-1-3-25(10(19)24-7(15)16)4-2-21-9(18)23-6(13)14/h1-4H2,(H5,15,16,19,24)(H6,11,12,17,20,22)(H6,13,14,18,21,23). The Bertz CT molecular complexity index is 547. The Morgan fingerprint density at radius 3 is 1.32 bits per heavy atom. The van der Waals surface area contributed by atoms with E-state index in [9.17, 15) is 0 Å². The first-order valence-corrected chi connectivity index (χ1v) is 6.84. The van der Waals surface area contributed by atoms with Gasteiger partial charge in [-0.25, -0.2) is 9.98 Å². The summed E-state index contributed by atoms with van der Waals surface area (Å²) in [6, 6.07) is 0. The molecule has 0 bridgehead atoms. The van der Waals surface area contributed by atoms with E-state index < -0.39 is 0 Å². The number of guanidine groups is 6. The van der Waals surface area contributed by atoms with Gasteiger partial charge in [-0.3, -0.25) is 5.41 Å². The number of nitrogens with two attached hydrogens (primary N) is 8. The molecule has 0 saturated carbocycles. The zero-order chi connectivity index (χ0) is 19.4. The molecule has 0 amide bonds. The van der Waals surface area contributed by atoms with Gasteiger partial charge in [-0.1, -0.05) is 0 Å². The van der Waals surface area contributed by atoms with Crippen LogP contribution in [-0.4, -0.2) is 66.8 Å². The summed E-state index contributed by atoms with van der Waals surface area (Å²) in [5.41, 5.74) is 42.2. The van der Waals surface area contributed by atoms with Crippen LogP contribution in [0.25, 0.3) is 0 Å². The maximum atomic E-state index is 7.86. The van der Waals surface area contributed by atoms with Crippen LogP contribution >= 0.6 is 0 Å². The molecule has 0 aliphatic carbocycles. The monoisotopic (exact) mass is 355 g/mol. The zero-order valence-electron chi connectivity index (χ0n) is 13.6. The Balaban J connectivity index is 4.89. The van der Waals surface area contributed by atoms with Gasteiger partial charge >= 0.3 is 0 Å². The van der Waals surface area contributed by atoms with Crippen LogP contribution in [-0.2, 0) is 0 Å². The smallest absolute Gasteiger partial charge is 0.221 e. The highest BCUT2D eigenvalue weighted by atomic mass is 15.3. The highest BCUT2D eigenvalue weighted by Gasteiger charge is 2.09. The van der Waals surface area contributed by atoms with Crippen molar-refractivity contribution < 1.29 is 0 Å². The van der Waals surface area contributed by atoms with Gasteiger partial charge in [0.2, 0.25) is 17.9 Å². The summed E-state index contributed by atoms with van der Waals surface area (Å²) in [5, 5.41) is 7.86. The van der Waals surface area contributed by atoms with E-state index in [1.165, 1.54) is 4.90 Å². The first kappa shape index (κ1) is 21.2. The molecule has 0 unspecified atom stereocenters. The summed E-state index contributed by atoms with van der Waals surface area (Å²) in [7, 11) is 0. The zero-order valence-corrected chi connectivity index (χ0v) is 13.6. The molecule has 0 aromatic heterocycles. The van der Waals surface area contributed by atoms with Gasteiger partial charge in [0.15, 0.2) is 17.9 Å². The summed E-state index contributed by atoms with van der Waals surface area (Å²) >= 11 is 0. The molecule has 0 aromatic rings. The van der Waals surface area contributed by atoms with Gasteiger partial charge in [-0.05, 0) is 0 Å². The van der Waals surface area contributed by atoms with Crippen molar-refractivity contribution in [2.24, 2.45) is 70.8 Å². The Kier molecular flexibility index (Phi) is 9.22. The fraction of sp³-hybridized carbons (Fsp3) is 0.400. The van der Waals surface area contributed by atoms with Crippen molar-refractivity contribution in [3.05, 3.63) is 0 Å². The molecule has 140 valence electrons. The van der Waals surface area contributed by atoms with Crippen LogP contribution in [0.5, 0.6) is 0 Å². The predicted molar refractivity (Wildman–Crippen MR) is 99.7 cm³/mol. The van der Waals surface area contributed by atoms with Crippen molar-refractivity contribution in [2.75, 3.05) is 26.2 Å². The first-order valence-electron chi connectivity index (χ1n) is 6.84. The number of aliphatic imine (C=N–C) groups is 5. The molecule has 0 heterocycles. The third-order valence-electron chi connectivity index (χ3n) is 2.31. The Morgan fingerprint density at radius 2 is 1.00 bits per heavy atom. The average molecular weight is 355 g/mol. The fourth-order valence-electron chi connectivity index (χ4n) is 1.42. The third kappa shape index (κ3) is 11.4. The van der Waals surface area contributed by atoms with Crippen LogP contribution in [0.1, 0.15) is 0 Å². The number of hydrogen-bond acceptors (Lipinski definition) is 3. The fourth-order valence-corrected chi connectivity index (χ4v) is 1.42. The van der Waals surface area contributed by atoms with E-state index in [1.54, 1.807) is 0 Å². The lowest BCUT2D eigenvalue weighted by molar-refractivity contribution is 0.431. The van der Waals surface area contributed by atoms with Crippen molar-refractivity contribution in [3.63, 3.8) is 0 Å². The topological polar surface area (TPSA) is 297 Å². The molecule has 0 radical (unpaired) electrons. The summed E-state index contributed by atoms with van der Waals surface area (Å²) in [5.74, 6) is -1.06. The van der Waals surface area contributed by atoms with E-state index in [0.29, 0.717) is 0 Å². The largest absolute Gasteiger partial charge is 0.370 e. The van der Waals surface area contributed by atoms with Gasteiger partial charge in [0.05, 0.1) is 13.1 Å². The maximum absolute atomic E-state index is 7.86. The Morgan fingerprint density at radius 1 is 0.640 bits per heavy atom. The molecule has 0 aliphatic heterocycles. The quantitative estimate of drug-likeness (QED) is 0.162. The molecule has 0 atom stereocenters. The molecule has 15 nitrogen and oxygen atoms in total. The number of nitrogens with one attached hydrogen (secondary N) is 1. The SMILES string of the molecule is N=C(N=C(N)N)N(CCN=C(N)N=C(N)N)CCN=C(N)N=C(N)N. The van der Waals surface area contributed by atoms with Crippen molar-refractivity contribution in [2.45, 2.75) is 0 Å². The Hall–Kier alpha value is -3.78. The van der Waals surface area contributed by atoms with Gasteiger partial charge in [0, 0.05) is 13.1 Å². The van der Waals surface area contributed by atoms with Gasteiger partial charge < -0.3 is 50.8 Å². The second-order valence-corrected chi connectivity index (χ2v) is 4.40. The maximum Gasteiger partial charge on any atom is 0.221 e. The van der Waals surface area contributed by atoms with Crippen LogP contribution < -0.4 is 45.9 Å². The van der Waals surface area contributed by atoms with Crippen LogP contribution in [0.15, 0.2) is 25.0 Å². The summed E-state index contributed by atoms with van der Waals surface area (Å²) in [6.45, 7) is 0.845. The van der Waals surface area contributed by atoms with E-state index in [2.05, 4.69) is 25.0 Å². The van der Waals surface area contributed by atoms with E-state index in [4.69, 9.17) is 51.3 Å². The van der Waals surface area contributed by atoms with Gasteiger partial charge in [-0.15, -0.1) is 0 Å². The number of rotatable bonds is 6. The molecule has 0 fully saturated rings. The lowest BCUT2D eigenvalue weighted by Crippen LogP contribution is -2.37. The molecule has 15 heteroatoms. The van der Waals surface area contributed by atoms with E-state index in [-0.39, 0.29) is 61.9 Å². The molecule has 25 heavy (non-hydrogen) atoms. The molecule has 0 spiro atoms. The minimum Gasteiger partial charge on any atom is -0.370 e. The molecule has 0 aliphatic rings. The van der Waals surface area contributed by atoms with Gasteiger partial charge in [0.25, 0.3) is 0 Å². The minimum atomic E-state index is -0.262. The lowest BCUT2D eigenvalue weighted by Gasteiger charge is -2.20. The Labute approximate surface area is 144 Å². The van der Waals surface area contributed by atoms with Crippen molar-refractivity contribution in [1.82, 2.24) is 4.90 Å². The summed E-state index contributed by atoms with van der Waals surface area (Å²) in [6.07, 6.45) is 0. The highest BCUT2D eigenvalue weighted by Crippen LogP contribution is 1.94. The van der Waals surface area contributed by atoms with Gasteiger partial charge in [0.1, 0.15) is 0 Å². The molecule has 0 rings (SSSR count). The van der Waals surface area contributed by atoms with E-state index >= 15 is 0 Å². The third-order valence-corrected chi connectivity index (χ3v) is 2.31. The van der Waals surface area contributed by atoms with Crippen LogP contribution in [0.3, 0.4) is 0 Å². The van der Waals surface area contributed by atoms with E-state index in [0.717, 1.165) is 0 Å². The second-order valence-electron chi connectivity index (χ2n) is 4.40. The predicted octanol–water partition coefficient (Wildman–Crippen LogP) is -5.33. The number of nitrogens with zero attached hydrogens (tertiary/aromatic N) is 6. The molecule has 0 saturated heterocycles. The molecular weight excluding hydrogens is 330 g/mol. The molecular formula is C10H25N15. The lowest BCUT2D eigenvalue weighted by atomic mass is 10.4. The van der Waals surface area contributed by atoms with Crippen LogP contribution in [0.4, 0.5) is 0 Å². The first-order chi connectivity index (χ1) is 11.6. The second kappa shape index (κ2) is 10.9. The van der Waals surface area contributed by atoms with Gasteiger partial charge in [-0.2, -0.15) is 15.0 Å². The highest BCUT2D eigenvalue weighted by molar-refractivity contribution is 5.93. The van der Waals surface area contributed by atoms with Crippen molar-refractivity contribution in [1.29, 1.82) is 5.41 Å². The van der Waals surface area contributed by atoms with Crippen molar-refractivity contribution >= 4 is 35.8 Å². The van der Waals surface area contributed by atoms with Crippen LogP contribution in [0, 0.1) is 5.41 Å². The van der Waals surface area contributed by atoms with Crippen LogP contribution in [0.2, 0.25) is 0 Å². The minimum absolute atomic E-state index is 0.0941. The van der Waals surface area contributed by atoms with E-state index in [1.807, 2.05) is 0 Å². The average Bonchev–Trinajstić information content (AvgIpc) is 2.43. The number of hydrogen-bond donors (Lipinski definition) is 9. The summed E-state index contributed by atoms with van der Waals surface area (Å²) < 4.78 is 0. The summed E-state index contributed by atoms with van der Waals surface area (Å²) in [4.78, 5) is 20.1. The molecule has 17 N–H and O–H groups in total. The normalized spacial score (nSPS) is 11.4. The van der Waals surface area contributed by atoms with Crippen molar-refractivity contribution in [3.8, 4) is 0 Å².